The fourth-order valence-electron chi connectivity index (χ4n) is 3.95. The van der Waals surface area contributed by atoms with Crippen LogP contribution in [-0.2, 0) is 17.5 Å². The molecule has 2 aromatic rings. The fraction of sp³-hybridized carbons (Fsp3) is 0.360. The lowest BCUT2D eigenvalue weighted by Gasteiger charge is -2.33. The maximum absolute atomic E-state index is 13.2. The number of piperazine rings is 1. The topological polar surface area (TPSA) is 65.0 Å². The summed E-state index contributed by atoms with van der Waals surface area (Å²) in [6.45, 7) is 10.1. The highest BCUT2D eigenvalue weighted by atomic mass is 35.5. The highest BCUT2D eigenvalue weighted by Crippen LogP contribution is 2.32. The number of morpholine rings is 1. The molecule has 2 saturated heterocycles. The summed E-state index contributed by atoms with van der Waals surface area (Å²) in [5.74, 6) is 1.95. The van der Waals surface area contributed by atoms with Crippen LogP contribution < -0.4 is 15.5 Å². The van der Waals surface area contributed by atoms with E-state index in [1.807, 2.05) is 24.0 Å². The maximum atomic E-state index is 13.2. The second-order valence-corrected chi connectivity index (χ2v) is 8.78. The van der Waals surface area contributed by atoms with Gasteiger partial charge in [-0.3, -0.25) is 0 Å². The minimum Gasteiger partial charge on any atom is -0.381 e. The van der Waals surface area contributed by atoms with Crippen molar-refractivity contribution in [1.29, 1.82) is 0 Å². The normalized spacial score (nSPS) is 18.4. The fourth-order valence-corrected chi connectivity index (χ4v) is 4.13. The van der Waals surface area contributed by atoms with Crippen molar-refractivity contribution in [1.82, 2.24) is 15.2 Å². The van der Waals surface area contributed by atoms with Gasteiger partial charge in [-0.25, -0.2) is 9.98 Å². The van der Waals surface area contributed by atoms with Crippen molar-refractivity contribution in [3.63, 3.8) is 0 Å². The number of nitrogens with one attached hydrogen (secondary N) is 2. The first-order chi connectivity index (χ1) is 17.2. The lowest BCUT2D eigenvalue weighted by Crippen LogP contribution is -2.46. The van der Waals surface area contributed by atoms with E-state index in [0.29, 0.717) is 49.2 Å². The third-order valence-corrected chi connectivity index (χ3v) is 6.25. The number of rotatable bonds is 6. The lowest BCUT2D eigenvalue weighted by atomic mass is 10.1. The van der Waals surface area contributed by atoms with E-state index in [1.165, 1.54) is 6.07 Å². The molecule has 0 spiro atoms. The van der Waals surface area contributed by atoms with Crippen molar-refractivity contribution in [2.45, 2.75) is 19.6 Å². The molecule has 2 fully saturated rings. The first-order valence-electron chi connectivity index (χ1n) is 11.6. The number of amidine groups is 1. The van der Waals surface area contributed by atoms with E-state index in [9.17, 15) is 13.2 Å². The molecule has 0 bridgehead atoms. The van der Waals surface area contributed by atoms with Crippen LogP contribution in [0.3, 0.4) is 0 Å². The van der Waals surface area contributed by atoms with E-state index in [4.69, 9.17) is 21.3 Å². The summed E-state index contributed by atoms with van der Waals surface area (Å²) in [4.78, 5) is 13.3. The van der Waals surface area contributed by atoms with Crippen LogP contribution in [0.1, 0.15) is 18.1 Å². The van der Waals surface area contributed by atoms with Crippen LogP contribution in [0.5, 0.6) is 0 Å². The zero-order valence-corrected chi connectivity index (χ0v) is 20.7. The van der Waals surface area contributed by atoms with Crippen LogP contribution in [0.25, 0.3) is 0 Å². The third kappa shape index (κ3) is 6.30. The Labute approximate surface area is 213 Å². The smallest absolute Gasteiger partial charge is 0.381 e. The summed E-state index contributed by atoms with van der Waals surface area (Å²) in [7, 11) is 0. The SMILES string of the molecule is C=C1NCCN(Cc2cc(C(F)(F)F)ccc2Cl)/C1=N/C(=C\C)Nc1ccc(N2CCOCC2)nc1. The Bertz CT molecular complexity index is 1140. The molecule has 2 aliphatic heterocycles. The molecule has 11 heteroatoms. The monoisotopic (exact) mass is 520 g/mol. The number of nitrogens with zero attached hydrogens (tertiary/aromatic N) is 4. The molecule has 7 nitrogen and oxygen atoms in total. The molecule has 192 valence electrons. The quantitative estimate of drug-likeness (QED) is 0.566. The number of aromatic nitrogens is 1. The number of anilines is 2. The minimum absolute atomic E-state index is 0.162. The van der Waals surface area contributed by atoms with Gasteiger partial charge in [-0.15, -0.1) is 0 Å². The first-order valence-corrected chi connectivity index (χ1v) is 12.0. The van der Waals surface area contributed by atoms with Gasteiger partial charge in [-0.05, 0) is 48.9 Å². The van der Waals surface area contributed by atoms with Gasteiger partial charge in [0.25, 0.3) is 0 Å². The van der Waals surface area contributed by atoms with Crippen molar-refractivity contribution in [2.75, 3.05) is 49.6 Å². The highest BCUT2D eigenvalue weighted by Gasteiger charge is 2.31. The molecule has 0 aliphatic carbocycles. The number of hydrogen-bond acceptors (Lipinski definition) is 6. The minimum atomic E-state index is -4.45. The van der Waals surface area contributed by atoms with Gasteiger partial charge in [-0.1, -0.05) is 18.2 Å². The van der Waals surface area contributed by atoms with Gasteiger partial charge in [0.05, 0.1) is 36.4 Å². The van der Waals surface area contributed by atoms with Gasteiger partial charge in [0.15, 0.2) is 5.84 Å². The number of halogens is 4. The van der Waals surface area contributed by atoms with Crippen LogP contribution in [0.15, 0.2) is 65.7 Å². The highest BCUT2D eigenvalue weighted by molar-refractivity contribution is 6.31. The molecule has 1 aromatic carbocycles. The molecule has 4 rings (SSSR count). The Morgan fingerprint density at radius 3 is 2.69 bits per heavy atom. The number of alkyl halides is 3. The Morgan fingerprint density at radius 2 is 2.03 bits per heavy atom. The van der Waals surface area contributed by atoms with Crippen molar-refractivity contribution in [3.8, 4) is 0 Å². The van der Waals surface area contributed by atoms with Crippen LogP contribution in [0.2, 0.25) is 5.02 Å². The van der Waals surface area contributed by atoms with Gasteiger partial charge >= 0.3 is 6.18 Å². The molecule has 0 saturated carbocycles. The zero-order chi connectivity index (χ0) is 25.7. The maximum Gasteiger partial charge on any atom is 0.416 e. The van der Waals surface area contributed by atoms with Crippen molar-refractivity contribution >= 4 is 28.9 Å². The average Bonchev–Trinajstić information content (AvgIpc) is 2.87. The molecular weight excluding hydrogens is 493 g/mol. The van der Waals surface area contributed by atoms with E-state index in [1.54, 1.807) is 12.3 Å². The Hall–Kier alpha value is -3.24. The third-order valence-electron chi connectivity index (χ3n) is 5.88. The lowest BCUT2D eigenvalue weighted by molar-refractivity contribution is -0.137. The van der Waals surface area contributed by atoms with Crippen molar-refractivity contribution in [2.24, 2.45) is 4.99 Å². The van der Waals surface area contributed by atoms with E-state index in [2.05, 4.69) is 27.1 Å². The summed E-state index contributed by atoms with van der Waals surface area (Å²) in [5, 5.41) is 6.69. The Balaban J connectivity index is 1.52. The zero-order valence-electron chi connectivity index (χ0n) is 19.9. The van der Waals surface area contributed by atoms with Crippen molar-refractivity contribution in [3.05, 3.63) is 76.9 Å². The molecule has 2 N–H and O–H groups in total. The standard InChI is InChI=1S/C25H28ClF3N6O/c1-3-22(32-20-5-7-23(31-15-20)34-10-12-36-13-11-34)33-24-17(2)30-8-9-35(24)16-18-14-19(25(27,28)29)4-6-21(18)26/h3-7,14-15,30,32H,2,8-13,16H2,1H3/b22-3-,33-24+. The second kappa shape index (κ2) is 11.2. The molecule has 2 aliphatic rings. The molecule has 0 radical (unpaired) electrons. The predicted octanol–water partition coefficient (Wildman–Crippen LogP) is 4.88. The number of allylic oxidation sites excluding steroid dienone is 1. The molecule has 0 unspecified atom stereocenters. The molecule has 1 aromatic heterocycles. The van der Waals surface area contributed by atoms with Crippen molar-refractivity contribution < 1.29 is 17.9 Å². The van der Waals surface area contributed by atoms with E-state index >= 15 is 0 Å². The van der Waals surface area contributed by atoms with Gasteiger partial charge < -0.3 is 25.2 Å². The van der Waals surface area contributed by atoms with E-state index in [0.717, 1.165) is 36.7 Å². The predicted molar refractivity (Wildman–Crippen MR) is 136 cm³/mol. The summed E-state index contributed by atoms with van der Waals surface area (Å²) >= 11 is 6.25. The number of hydrogen-bond donors (Lipinski definition) is 2. The molecule has 0 amide bonds. The molecule has 0 atom stereocenters. The second-order valence-electron chi connectivity index (χ2n) is 8.37. The number of benzene rings is 1. The Kier molecular flexibility index (Phi) is 8.05. The number of ether oxygens (including phenoxy) is 1. The van der Waals surface area contributed by atoms with Crippen LogP contribution in [0, 0.1) is 0 Å². The van der Waals surface area contributed by atoms with Gasteiger partial charge in [0.2, 0.25) is 0 Å². The summed E-state index contributed by atoms with van der Waals surface area (Å²) in [5.41, 5.74) is 0.961. The number of pyridine rings is 1. The van der Waals surface area contributed by atoms with E-state index in [-0.39, 0.29) is 11.6 Å². The number of aliphatic imine (C=N–C) groups is 1. The van der Waals surface area contributed by atoms with Gasteiger partial charge in [0.1, 0.15) is 11.6 Å². The first kappa shape index (κ1) is 25.8. The Morgan fingerprint density at radius 1 is 1.25 bits per heavy atom. The summed E-state index contributed by atoms with van der Waals surface area (Å²) in [6, 6.07) is 7.21. The summed E-state index contributed by atoms with van der Waals surface area (Å²) in [6.07, 6.45) is -0.903. The van der Waals surface area contributed by atoms with E-state index < -0.39 is 11.7 Å². The molecule has 3 heterocycles. The summed E-state index contributed by atoms with van der Waals surface area (Å²) < 4.78 is 45.1. The van der Waals surface area contributed by atoms with Gasteiger partial charge in [0, 0.05) is 37.7 Å². The molecule has 36 heavy (non-hydrogen) atoms. The largest absolute Gasteiger partial charge is 0.416 e. The van der Waals surface area contributed by atoms with Crippen LogP contribution in [0.4, 0.5) is 24.7 Å². The van der Waals surface area contributed by atoms with Crippen LogP contribution >= 0.6 is 11.6 Å². The van der Waals surface area contributed by atoms with Gasteiger partial charge in [-0.2, -0.15) is 13.2 Å². The van der Waals surface area contributed by atoms with Crippen LogP contribution in [-0.4, -0.2) is 55.1 Å². The molecular formula is C25H28ClF3N6O. The average molecular weight is 521 g/mol.